The van der Waals surface area contributed by atoms with Crippen LogP contribution in [0.2, 0.25) is 0 Å². The molecule has 5 N–H and O–H groups in total. The maximum Gasteiger partial charge on any atom is 0.351 e. The summed E-state index contributed by atoms with van der Waals surface area (Å²) in [4.78, 5) is 16.0. The summed E-state index contributed by atoms with van der Waals surface area (Å²) in [6.45, 7) is -0.510. The molecule has 1 unspecified atom stereocenters. The van der Waals surface area contributed by atoms with E-state index in [0.29, 0.717) is 11.3 Å². The van der Waals surface area contributed by atoms with Gasteiger partial charge in [-0.05, 0) is 12.1 Å². The number of aromatic nitrogens is 5. The predicted molar refractivity (Wildman–Crippen MR) is 96.3 cm³/mol. The third-order valence-corrected chi connectivity index (χ3v) is 4.56. The highest BCUT2D eigenvalue weighted by molar-refractivity contribution is 5.69. The first kappa shape index (κ1) is 18.3. The van der Waals surface area contributed by atoms with Crippen molar-refractivity contribution in [2.24, 2.45) is 0 Å². The van der Waals surface area contributed by atoms with Gasteiger partial charge in [0.05, 0.1) is 24.1 Å². The van der Waals surface area contributed by atoms with E-state index in [2.05, 4.69) is 15.3 Å². The zero-order chi connectivity index (χ0) is 19.8. The lowest BCUT2D eigenvalue weighted by Gasteiger charge is -2.18. The molecule has 146 valence electrons. The molecule has 0 aliphatic carbocycles. The summed E-state index contributed by atoms with van der Waals surface area (Å²) in [5, 5.41) is 37.5. The molecule has 4 atom stereocenters. The molecule has 1 fully saturated rings. The fraction of sp³-hybridized carbons (Fsp3) is 0.294. The number of para-hydroxylation sites is 1. The van der Waals surface area contributed by atoms with Crippen LogP contribution in [0.15, 0.2) is 47.5 Å². The number of nitrogen functional groups attached to an aromatic ring is 1. The molecule has 1 saturated heterocycles. The molecule has 0 radical (unpaired) electrons. The summed E-state index contributed by atoms with van der Waals surface area (Å²) in [5.41, 5.74) is 6.56. The Hall–Kier alpha value is -3.12. The van der Waals surface area contributed by atoms with Gasteiger partial charge in [0.15, 0.2) is 6.23 Å². The molecule has 0 spiro atoms. The van der Waals surface area contributed by atoms with Crippen LogP contribution in [0, 0.1) is 0 Å². The summed E-state index contributed by atoms with van der Waals surface area (Å²) in [7, 11) is 0. The van der Waals surface area contributed by atoms with Crippen LogP contribution in [0.5, 0.6) is 0 Å². The van der Waals surface area contributed by atoms with Crippen LogP contribution >= 0.6 is 0 Å². The van der Waals surface area contributed by atoms with Crippen molar-refractivity contribution in [3.05, 3.63) is 53.2 Å². The summed E-state index contributed by atoms with van der Waals surface area (Å²) in [6, 6.07) is 9.28. The van der Waals surface area contributed by atoms with Crippen molar-refractivity contribution in [3.63, 3.8) is 0 Å². The molecular formula is C17H18N6O5. The molecule has 28 heavy (non-hydrogen) atoms. The van der Waals surface area contributed by atoms with Gasteiger partial charge in [0.1, 0.15) is 29.8 Å². The second kappa shape index (κ2) is 7.13. The van der Waals surface area contributed by atoms with Gasteiger partial charge in [0.2, 0.25) is 0 Å². The minimum atomic E-state index is -1.42. The molecule has 11 heteroatoms. The average Bonchev–Trinajstić information content (AvgIpc) is 3.29. The Labute approximate surface area is 158 Å². The molecular weight excluding hydrogens is 368 g/mol. The van der Waals surface area contributed by atoms with Crippen molar-refractivity contribution in [2.75, 3.05) is 12.3 Å². The van der Waals surface area contributed by atoms with E-state index in [-0.39, 0.29) is 5.82 Å². The Morgan fingerprint density at radius 1 is 1.14 bits per heavy atom. The van der Waals surface area contributed by atoms with E-state index in [1.54, 1.807) is 6.20 Å². The van der Waals surface area contributed by atoms with Gasteiger partial charge in [-0.1, -0.05) is 23.4 Å². The average molecular weight is 386 g/mol. The maximum absolute atomic E-state index is 12.3. The first-order valence-corrected chi connectivity index (χ1v) is 8.49. The lowest BCUT2D eigenvalue weighted by atomic mass is 10.1. The molecule has 3 heterocycles. The lowest BCUT2D eigenvalue weighted by molar-refractivity contribution is -0.0548. The number of hydrogen-bond acceptors (Lipinski definition) is 9. The Balaban J connectivity index is 1.73. The Morgan fingerprint density at radius 3 is 2.57 bits per heavy atom. The summed E-state index contributed by atoms with van der Waals surface area (Å²) in [5.74, 6) is -0.0619. The van der Waals surface area contributed by atoms with Crippen molar-refractivity contribution < 1.29 is 20.1 Å². The van der Waals surface area contributed by atoms with Crippen LogP contribution in [-0.2, 0) is 4.74 Å². The minimum Gasteiger partial charge on any atom is -0.394 e. The van der Waals surface area contributed by atoms with Gasteiger partial charge in [0.25, 0.3) is 0 Å². The number of aliphatic hydroxyl groups excluding tert-OH is 3. The minimum absolute atomic E-state index is 0.0619. The molecule has 0 amide bonds. The van der Waals surface area contributed by atoms with E-state index in [4.69, 9.17) is 10.5 Å². The van der Waals surface area contributed by atoms with Crippen molar-refractivity contribution in [1.29, 1.82) is 0 Å². The Morgan fingerprint density at radius 2 is 1.89 bits per heavy atom. The van der Waals surface area contributed by atoms with Gasteiger partial charge < -0.3 is 25.8 Å². The fourth-order valence-corrected chi connectivity index (χ4v) is 3.07. The van der Waals surface area contributed by atoms with Gasteiger partial charge >= 0.3 is 5.69 Å². The standard InChI is InChI=1S/C17H18N6O5/c18-15-10(11-7-23(21-20-11)9-4-2-1-3-5-9)6-22(17(27)19-15)16-14(26)13(25)12(8-24)28-16/h1-7,12-14,16,24-26H,8H2,(H2,18,19,27)/t12-,13?,14+,16-/m1/s1. The number of hydrogen-bond donors (Lipinski definition) is 4. The van der Waals surface area contributed by atoms with Crippen LogP contribution in [-0.4, -0.2) is 64.8 Å². The van der Waals surface area contributed by atoms with Crippen LogP contribution in [0.4, 0.5) is 5.82 Å². The summed E-state index contributed by atoms with van der Waals surface area (Å²) < 4.78 is 7.95. The number of anilines is 1. The summed E-state index contributed by atoms with van der Waals surface area (Å²) in [6.07, 6.45) is -2.06. The molecule has 2 aromatic heterocycles. The molecule has 0 saturated carbocycles. The highest BCUT2D eigenvalue weighted by Gasteiger charge is 2.44. The van der Waals surface area contributed by atoms with Crippen molar-refractivity contribution >= 4 is 5.82 Å². The molecule has 11 nitrogen and oxygen atoms in total. The zero-order valence-electron chi connectivity index (χ0n) is 14.5. The van der Waals surface area contributed by atoms with E-state index < -0.39 is 36.8 Å². The van der Waals surface area contributed by atoms with Crippen LogP contribution < -0.4 is 11.4 Å². The Kier molecular flexibility index (Phi) is 4.65. The third kappa shape index (κ3) is 3.05. The topological polar surface area (TPSA) is 162 Å². The van der Waals surface area contributed by atoms with Gasteiger partial charge in [0, 0.05) is 6.20 Å². The van der Waals surface area contributed by atoms with E-state index in [1.807, 2.05) is 30.3 Å². The van der Waals surface area contributed by atoms with Crippen molar-refractivity contribution in [3.8, 4) is 16.9 Å². The second-order valence-electron chi connectivity index (χ2n) is 6.34. The van der Waals surface area contributed by atoms with Crippen LogP contribution in [0.25, 0.3) is 16.9 Å². The second-order valence-corrected chi connectivity index (χ2v) is 6.34. The van der Waals surface area contributed by atoms with Gasteiger partial charge in [-0.3, -0.25) is 4.57 Å². The van der Waals surface area contributed by atoms with E-state index in [0.717, 1.165) is 10.3 Å². The number of nitrogens with two attached hydrogens (primary N) is 1. The van der Waals surface area contributed by atoms with Crippen LogP contribution in [0.1, 0.15) is 6.23 Å². The van der Waals surface area contributed by atoms with Crippen molar-refractivity contribution in [1.82, 2.24) is 24.5 Å². The molecule has 1 aliphatic heterocycles. The third-order valence-electron chi connectivity index (χ3n) is 4.56. The maximum atomic E-state index is 12.3. The molecule has 3 aromatic rings. The quantitative estimate of drug-likeness (QED) is 0.426. The number of nitrogens with zero attached hydrogens (tertiary/aromatic N) is 5. The van der Waals surface area contributed by atoms with E-state index >= 15 is 0 Å². The molecule has 4 rings (SSSR count). The molecule has 0 bridgehead atoms. The normalized spacial score (nSPS) is 24.5. The highest BCUT2D eigenvalue weighted by atomic mass is 16.6. The van der Waals surface area contributed by atoms with Gasteiger partial charge in [-0.2, -0.15) is 4.98 Å². The smallest absolute Gasteiger partial charge is 0.351 e. The predicted octanol–water partition coefficient (Wildman–Crippen LogP) is -1.32. The first-order valence-electron chi connectivity index (χ1n) is 8.49. The number of ether oxygens (including phenoxy) is 1. The summed E-state index contributed by atoms with van der Waals surface area (Å²) >= 11 is 0. The molecule has 1 aliphatic rings. The SMILES string of the molecule is Nc1nc(=O)n([C@@H]2O[C@H](CO)C(O)[C@@H]2O)cc1-c1cn(-c2ccccc2)nn1. The Bertz CT molecular complexity index is 1040. The number of rotatable bonds is 4. The van der Waals surface area contributed by atoms with Gasteiger partial charge in [-0.15, -0.1) is 5.10 Å². The monoisotopic (exact) mass is 386 g/mol. The fourth-order valence-electron chi connectivity index (χ4n) is 3.07. The van der Waals surface area contributed by atoms with Crippen molar-refractivity contribution in [2.45, 2.75) is 24.5 Å². The highest BCUT2D eigenvalue weighted by Crippen LogP contribution is 2.30. The first-order chi connectivity index (χ1) is 13.5. The van der Waals surface area contributed by atoms with Gasteiger partial charge in [-0.25, -0.2) is 9.48 Å². The van der Waals surface area contributed by atoms with E-state index in [1.165, 1.54) is 10.9 Å². The largest absolute Gasteiger partial charge is 0.394 e. The zero-order valence-corrected chi connectivity index (χ0v) is 14.5. The number of benzene rings is 1. The van der Waals surface area contributed by atoms with E-state index in [9.17, 15) is 20.1 Å². The number of aliphatic hydroxyl groups is 3. The molecule has 1 aromatic carbocycles. The lowest BCUT2D eigenvalue weighted by Crippen LogP contribution is -2.36. The van der Waals surface area contributed by atoms with Crippen LogP contribution in [0.3, 0.4) is 0 Å².